The number of esters is 1. The Bertz CT molecular complexity index is 1230. The number of β-lactam (4-membered cyclic amide) rings is 1. The molecule has 9 heteroatoms. The number of nitrogens with one attached hydrogen (secondary N) is 1. The van der Waals surface area contributed by atoms with Crippen LogP contribution >= 0.6 is 11.6 Å². The van der Waals surface area contributed by atoms with E-state index in [0.717, 1.165) is 21.6 Å². The molecular formula is C29H27ClN2O6. The lowest BCUT2D eigenvalue weighted by molar-refractivity contribution is -0.194. The van der Waals surface area contributed by atoms with Crippen molar-refractivity contribution in [1.29, 1.82) is 0 Å². The van der Waals surface area contributed by atoms with Crippen molar-refractivity contribution in [1.82, 2.24) is 10.2 Å². The van der Waals surface area contributed by atoms with Crippen LogP contribution in [0.4, 0.5) is 0 Å². The van der Waals surface area contributed by atoms with Gasteiger partial charge in [-0.05, 0) is 23.6 Å². The number of hydrogen-bond donors (Lipinski definition) is 1. The number of rotatable bonds is 11. The van der Waals surface area contributed by atoms with E-state index in [1.54, 1.807) is 24.3 Å². The summed E-state index contributed by atoms with van der Waals surface area (Å²) in [7, 11) is 0. The normalized spacial score (nSPS) is 17.4. The summed E-state index contributed by atoms with van der Waals surface area (Å²) in [4.78, 5) is 51.3. The highest BCUT2D eigenvalue weighted by atomic mass is 35.5. The molecule has 1 saturated heterocycles. The predicted molar refractivity (Wildman–Crippen MR) is 140 cm³/mol. The highest BCUT2D eigenvalue weighted by Crippen LogP contribution is 2.31. The molecule has 0 radical (unpaired) electrons. The van der Waals surface area contributed by atoms with Crippen LogP contribution in [0.3, 0.4) is 0 Å². The van der Waals surface area contributed by atoms with E-state index in [9.17, 15) is 19.2 Å². The Balaban J connectivity index is 1.48. The standard InChI is InChI=1S/C29H27ClN2O6/c1-19(33)18-37-28-24(31-23(34)17-20-11-5-2-6-12-20)27(35)32(28)26(30)29(36)38-25(21-13-7-3-8-14-21)22-15-9-4-10-16-22/h2-16,24-26,28H,17-18H2,1H3,(H,31,34)/t24-,26?,28-/m0/s1. The van der Waals surface area contributed by atoms with Gasteiger partial charge in [0.25, 0.3) is 5.91 Å². The smallest absolute Gasteiger partial charge is 0.345 e. The first-order chi connectivity index (χ1) is 18.3. The lowest BCUT2D eigenvalue weighted by atomic mass is 10.0. The molecule has 0 aromatic heterocycles. The molecule has 1 aliphatic heterocycles. The van der Waals surface area contributed by atoms with Gasteiger partial charge in [0, 0.05) is 0 Å². The third-order valence-electron chi connectivity index (χ3n) is 5.94. The van der Waals surface area contributed by atoms with Crippen LogP contribution in [-0.2, 0) is 35.1 Å². The van der Waals surface area contributed by atoms with Crippen molar-refractivity contribution in [2.24, 2.45) is 0 Å². The maximum Gasteiger partial charge on any atom is 0.345 e. The van der Waals surface area contributed by atoms with Crippen LogP contribution in [0, 0.1) is 0 Å². The van der Waals surface area contributed by atoms with E-state index in [4.69, 9.17) is 21.1 Å². The summed E-state index contributed by atoms with van der Waals surface area (Å²) in [5.41, 5.74) is 0.667. The second kappa shape index (κ2) is 12.5. The number of alkyl halides is 1. The molecular weight excluding hydrogens is 508 g/mol. The van der Waals surface area contributed by atoms with Gasteiger partial charge in [0.1, 0.15) is 6.61 Å². The van der Waals surface area contributed by atoms with Gasteiger partial charge in [0.2, 0.25) is 11.4 Å². The summed E-state index contributed by atoms with van der Waals surface area (Å²) in [5.74, 6) is -2.19. The first-order valence-electron chi connectivity index (χ1n) is 12.1. The van der Waals surface area contributed by atoms with Crippen molar-refractivity contribution in [2.45, 2.75) is 37.2 Å². The van der Waals surface area contributed by atoms with E-state index in [1.165, 1.54) is 6.92 Å². The molecule has 0 bridgehead atoms. The predicted octanol–water partition coefficient (Wildman–Crippen LogP) is 3.39. The van der Waals surface area contributed by atoms with Crippen molar-refractivity contribution in [3.8, 4) is 0 Å². The zero-order valence-electron chi connectivity index (χ0n) is 20.7. The first-order valence-corrected chi connectivity index (χ1v) is 12.5. The van der Waals surface area contributed by atoms with E-state index in [0.29, 0.717) is 0 Å². The summed E-state index contributed by atoms with van der Waals surface area (Å²) < 4.78 is 11.4. The van der Waals surface area contributed by atoms with Gasteiger partial charge in [-0.2, -0.15) is 0 Å². The van der Waals surface area contributed by atoms with Crippen molar-refractivity contribution < 1.29 is 28.7 Å². The molecule has 4 rings (SSSR count). The van der Waals surface area contributed by atoms with Crippen molar-refractivity contribution in [2.75, 3.05) is 6.61 Å². The third kappa shape index (κ3) is 6.45. The molecule has 0 spiro atoms. The topological polar surface area (TPSA) is 102 Å². The number of nitrogens with zero attached hydrogens (tertiary/aromatic N) is 1. The van der Waals surface area contributed by atoms with Crippen molar-refractivity contribution in [3.05, 3.63) is 108 Å². The Morgan fingerprint density at radius 1 is 0.895 bits per heavy atom. The van der Waals surface area contributed by atoms with E-state index in [-0.39, 0.29) is 18.8 Å². The summed E-state index contributed by atoms with van der Waals surface area (Å²) in [6.07, 6.45) is -1.83. The monoisotopic (exact) mass is 534 g/mol. The number of hydrogen-bond acceptors (Lipinski definition) is 6. The van der Waals surface area contributed by atoms with Gasteiger partial charge < -0.3 is 14.8 Å². The van der Waals surface area contributed by atoms with Crippen LogP contribution in [0.25, 0.3) is 0 Å². The Kier molecular flexibility index (Phi) is 8.89. The number of ketones is 1. The average Bonchev–Trinajstić information content (AvgIpc) is 2.93. The lowest BCUT2D eigenvalue weighted by Crippen LogP contribution is -2.74. The van der Waals surface area contributed by atoms with Gasteiger partial charge in [-0.15, -0.1) is 0 Å². The van der Waals surface area contributed by atoms with Gasteiger partial charge >= 0.3 is 5.97 Å². The van der Waals surface area contributed by atoms with Crippen LogP contribution in [0.15, 0.2) is 91.0 Å². The number of carbonyl (C=O) groups excluding carboxylic acids is 4. The van der Waals surface area contributed by atoms with Crippen LogP contribution in [0.2, 0.25) is 0 Å². The molecule has 196 valence electrons. The SMILES string of the molecule is CC(=O)CO[C@H]1[C@@H](NC(=O)Cc2ccccc2)C(=O)N1C(Cl)C(=O)OC(c1ccccc1)c1ccccc1. The molecule has 1 aliphatic rings. The molecule has 3 aromatic rings. The van der Waals surface area contributed by atoms with E-state index >= 15 is 0 Å². The lowest BCUT2D eigenvalue weighted by Gasteiger charge is -2.47. The Labute approximate surface area is 225 Å². The summed E-state index contributed by atoms with van der Waals surface area (Å²) in [6, 6.07) is 26.2. The minimum Gasteiger partial charge on any atom is -0.450 e. The number of benzene rings is 3. The molecule has 2 amide bonds. The fourth-order valence-corrected chi connectivity index (χ4v) is 4.37. The number of Topliss-reactive ketones (excluding diaryl/α,β-unsaturated/α-hetero) is 1. The quantitative estimate of drug-likeness (QED) is 0.175. The summed E-state index contributed by atoms with van der Waals surface area (Å²) in [6.45, 7) is 0.999. The summed E-state index contributed by atoms with van der Waals surface area (Å²) in [5, 5.41) is 2.63. The van der Waals surface area contributed by atoms with Crippen molar-refractivity contribution >= 4 is 35.2 Å². The maximum atomic E-state index is 13.2. The van der Waals surface area contributed by atoms with Gasteiger partial charge in [-0.1, -0.05) is 103 Å². The molecule has 0 saturated carbocycles. The van der Waals surface area contributed by atoms with Crippen LogP contribution in [0.1, 0.15) is 29.7 Å². The van der Waals surface area contributed by atoms with Gasteiger partial charge in [0.05, 0.1) is 6.42 Å². The molecule has 1 heterocycles. The van der Waals surface area contributed by atoms with E-state index in [2.05, 4.69) is 5.32 Å². The molecule has 38 heavy (non-hydrogen) atoms. The molecule has 1 unspecified atom stereocenters. The summed E-state index contributed by atoms with van der Waals surface area (Å²) >= 11 is 6.44. The maximum absolute atomic E-state index is 13.2. The second-order valence-corrected chi connectivity index (χ2v) is 9.24. The second-order valence-electron chi connectivity index (χ2n) is 8.83. The zero-order valence-corrected chi connectivity index (χ0v) is 21.4. The van der Waals surface area contributed by atoms with E-state index < -0.39 is 41.7 Å². The zero-order chi connectivity index (χ0) is 27.1. The van der Waals surface area contributed by atoms with Crippen molar-refractivity contribution in [3.63, 3.8) is 0 Å². The highest BCUT2D eigenvalue weighted by molar-refractivity contribution is 6.31. The molecule has 1 N–H and O–H groups in total. The van der Waals surface area contributed by atoms with Gasteiger partial charge in [-0.3, -0.25) is 19.3 Å². The Morgan fingerprint density at radius 2 is 1.42 bits per heavy atom. The van der Waals surface area contributed by atoms with Crippen LogP contribution in [-0.4, -0.2) is 52.8 Å². The van der Waals surface area contributed by atoms with E-state index in [1.807, 2.05) is 66.7 Å². The van der Waals surface area contributed by atoms with Crippen LogP contribution in [0.5, 0.6) is 0 Å². The molecule has 3 atom stereocenters. The Hall–Kier alpha value is -4.01. The number of amides is 2. The third-order valence-corrected chi connectivity index (χ3v) is 6.33. The minimum atomic E-state index is -1.54. The fraction of sp³-hybridized carbons (Fsp3) is 0.241. The van der Waals surface area contributed by atoms with Gasteiger partial charge in [-0.25, -0.2) is 4.79 Å². The van der Waals surface area contributed by atoms with Gasteiger partial charge in [0.15, 0.2) is 24.2 Å². The minimum absolute atomic E-state index is 0.0478. The fourth-order valence-electron chi connectivity index (χ4n) is 4.12. The number of halogens is 1. The average molecular weight is 535 g/mol. The Morgan fingerprint density at radius 3 is 1.95 bits per heavy atom. The molecule has 3 aromatic carbocycles. The molecule has 0 aliphatic carbocycles. The highest BCUT2D eigenvalue weighted by Gasteiger charge is 2.54. The number of carbonyl (C=O) groups is 4. The molecule has 8 nitrogen and oxygen atoms in total. The number of likely N-dealkylation sites (tertiary alicyclic amines) is 1. The largest absolute Gasteiger partial charge is 0.450 e. The van der Waals surface area contributed by atoms with Crippen LogP contribution < -0.4 is 5.32 Å². The first kappa shape index (κ1) is 27.0. The number of ether oxygens (including phenoxy) is 2. The molecule has 1 fully saturated rings.